The van der Waals surface area contributed by atoms with E-state index in [-0.39, 0.29) is 18.1 Å². The summed E-state index contributed by atoms with van der Waals surface area (Å²) in [5.74, 6) is 0.387. The lowest BCUT2D eigenvalue weighted by Gasteiger charge is -2.08. The molecule has 3 aromatic carbocycles. The maximum absolute atomic E-state index is 13.9. The average molecular weight is 399 g/mol. The van der Waals surface area contributed by atoms with Gasteiger partial charge in [0.1, 0.15) is 11.6 Å². The average Bonchev–Trinajstić information content (AvgIpc) is 3.09. The zero-order valence-corrected chi connectivity index (χ0v) is 16.7. The molecule has 1 amide bonds. The van der Waals surface area contributed by atoms with Crippen molar-refractivity contribution in [3.8, 4) is 5.75 Å². The van der Waals surface area contributed by atoms with Crippen LogP contribution in [0.4, 0.5) is 4.39 Å². The second-order valence-corrected chi connectivity index (χ2v) is 7.17. The predicted octanol–water partition coefficient (Wildman–Crippen LogP) is 5.48. The summed E-state index contributed by atoms with van der Waals surface area (Å²) in [6.07, 6.45) is 4.20. The van der Waals surface area contributed by atoms with Gasteiger partial charge in [-0.2, -0.15) is 0 Å². The highest BCUT2D eigenvalue weighted by molar-refractivity contribution is 6.05. The van der Waals surface area contributed by atoms with Crippen LogP contribution >= 0.6 is 0 Å². The monoisotopic (exact) mass is 399 g/mol. The molecule has 1 aliphatic rings. The van der Waals surface area contributed by atoms with Crippen LogP contribution in [0.25, 0.3) is 17.2 Å². The van der Waals surface area contributed by atoms with Gasteiger partial charge >= 0.3 is 0 Å². The first-order valence-electron chi connectivity index (χ1n) is 9.79. The molecule has 3 nitrogen and oxygen atoms in total. The number of fused-ring (bicyclic) bond motifs is 1. The van der Waals surface area contributed by atoms with E-state index in [2.05, 4.69) is 5.32 Å². The van der Waals surface area contributed by atoms with Gasteiger partial charge in [0.2, 0.25) is 5.91 Å². The van der Waals surface area contributed by atoms with E-state index in [0.717, 1.165) is 39.1 Å². The minimum Gasteiger partial charge on any atom is -0.497 e. The predicted molar refractivity (Wildman–Crippen MR) is 118 cm³/mol. The highest BCUT2D eigenvalue weighted by atomic mass is 19.1. The van der Waals surface area contributed by atoms with Crippen molar-refractivity contribution in [2.24, 2.45) is 0 Å². The number of methoxy groups -OCH3 is 1. The number of benzene rings is 3. The SMILES string of the molecule is COc1ccc(/C=C2\C=C(CC(=O)NCc3ccccc3)c3cc(F)ccc32)cc1. The van der Waals surface area contributed by atoms with E-state index < -0.39 is 0 Å². The molecule has 0 atom stereocenters. The van der Waals surface area contributed by atoms with Crippen molar-refractivity contribution in [2.75, 3.05) is 7.11 Å². The second kappa shape index (κ2) is 8.78. The topological polar surface area (TPSA) is 38.3 Å². The summed E-state index contributed by atoms with van der Waals surface area (Å²) in [5.41, 5.74) is 5.52. The first kappa shape index (κ1) is 19.6. The lowest BCUT2D eigenvalue weighted by molar-refractivity contribution is -0.120. The summed E-state index contributed by atoms with van der Waals surface area (Å²) in [7, 11) is 1.63. The van der Waals surface area contributed by atoms with E-state index >= 15 is 0 Å². The van der Waals surface area contributed by atoms with E-state index in [1.54, 1.807) is 13.2 Å². The second-order valence-electron chi connectivity index (χ2n) is 7.17. The Morgan fingerprint density at radius 2 is 1.77 bits per heavy atom. The Kier molecular flexibility index (Phi) is 5.75. The molecule has 4 rings (SSSR count). The molecular formula is C26H22FNO2. The van der Waals surface area contributed by atoms with E-state index in [4.69, 9.17) is 4.74 Å². The molecule has 0 aromatic heterocycles. The van der Waals surface area contributed by atoms with Crippen LogP contribution in [0.2, 0.25) is 0 Å². The Bertz CT molecular complexity index is 1120. The van der Waals surface area contributed by atoms with E-state index in [0.29, 0.717) is 6.54 Å². The van der Waals surface area contributed by atoms with Crippen LogP contribution in [0.5, 0.6) is 5.75 Å². The van der Waals surface area contributed by atoms with E-state index in [1.165, 1.54) is 12.1 Å². The lowest BCUT2D eigenvalue weighted by Crippen LogP contribution is -2.22. The zero-order chi connectivity index (χ0) is 20.9. The molecule has 150 valence electrons. The zero-order valence-electron chi connectivity index (χ0n) is 16.7. The Morgan fingerprint density at radius 3 is 2.50 bits per heavy atom. The molecule has 0 saturated carbocycles. The highest BCUT2D eigenvalue weighted by Crippen LogP contribution is 2.38. The maximum atomic E-state index is 13.9. The van der Waals surface area contributed by atoms with Gasteiger partial charge in [-0.25, -0.2) is 4.39 Å². The van der Waals surface area contributed by atoms with Gasteiger partial charge in [0, 0.05) is 6.54 Å². The highest BCUT2D eigenvalue weighted by Gasteiger charge is 2.21. The molecular weight excluding hydrogens is 377 g/mol. The third-order valence-corrected chi connectivity index (χ3v) is 5.09. The number of amides is 1. The summed E-state index contributed by atoms with van der Waals surface area (Å²) in [6, 6.07) is 22.2. The molecule has 0 radical (unpaired) electrons. The van der Waals surface area contributed by atoms with Gasteiger partial charge in [0.15, 0.2) is 0 Å². The molecule has 0 aliphatic heterocycles. The van der Waals surface area contributed by atoms with Crippen molar-refractivity contribution in [1.82, 2.24) is 5.32 Å². The molecule has 4 heteroatoms. The van der Waals surface area contributed by atoms with Gasteiger partial charge in [0.05, 0.1) is 13.5 Å². The van der Waals surface area contributed by atoms with Gasteiger partial charge in [-0.1, -0.05) is 48.5 Å². The van der Waals surface area contributed by atoms with Gasteiger partial charge in [0.25, 0.3) is 0 Å². The summed E-state index contributed by atoms with van der Waals surface area (Å²) >= 11 is 0. The van der Waals surface area contributed by atoms with E-state index in [9.17, 15) is 9.18 Å². The third-order valence-electron chi connectivity index (χ3n) is 5.09. The number of halogens is 1. The number of hydrogen-bond acceptors (Lipinski definition) is 2. The number of nitrogens with one attached hydrogen (secondary N) is 1. The van der Waals surface area contributed by atoms with Crippen LogP contribution in [-0.4, -0.2) is 13.0 Å². The van der Waals surface area contributed by atoms with E-state index in [1.807, 2.05) is 66.7 Å². The molecule has 1 N–H and O–H groups in total. The Hall–Kier alpha value is -3.66. The van der Waals surface area contributed by atoms with Crippen molar-refractivity contribution < 1.29 is 13.9 Å². The quantitative estimate of drug-likeness (QED) is 0.596. The maximum Gasteiger partial charge on any atom is 0.224 e. The smallest absolute Gasteiger partial charge is 0.224 e. The van der Waals surface area contributed by atoms with Crippen molar-refractivity contribution in [3.63, 3.8) is 0 Å². The normalized spacial score (nSPS) is 13.7. The van der Waals surface area contributed by atoms with Crippen LogP contribution in [0.3, 0.4) is 0 Å². The number of rotatable bonds is 6. The minimum absolute atomic E-state index is 0.0917. The first-order chi connectivity index (χ1) is 14.6. The molecule has 0 saturated heterocycles. The summed E-state index contributed by atoms with van der Waals surface area (Å²) in [5, 5.41) is 2.94. The van der Waals surface area contributed by atoms with Crippen LogP contribution in [0, 0.1) is 5.82 Å². The third kappa shape index (κ3) is 4.49. The minimum atomic E-state index is -0.310. The van der Waals surface area contributed by atoms with Crippen molar-refractivity contribution in [2.45, 2.75) is 13.0 Å². The fraction of sp³-hybridized carbons (Fsp3) is 0.115. The Labute approximate surface area is 175 Å². The Morgan fingerprint density at radius 1 is 1.00 bits per heavy atom. The summed E-state index contributed by atoms with van der Waals surface area (Å²) in [6.45, 7) is 0.470. The molecule has 0 bridgehead atoms. The molecule has 0 unspecified atom stereocenters. The number of hydrogen-bond donors (Lipinski definition) is 1. The van der Waals surface area contributed by atoms with Crippen molar-refractivity contribution >= 4 is 23.1 Å². The molecule has 0 fully saturated rings. The van der Waals surface area contributed by atoms with Crippen LogP contribution < -0.4 is 10.1 Å². The molecule has 0 heterocycles. The van der Waals surface area contributed by atoms with Crippen molar-refractivity contribution in [1.29, 1.82) is 0 Å². The van der Waals surface area contributed by atoms with Gasteiger partial charge in [-0.05, 0) is 69.8 Å². The molecule has 0 spiro atoms. The fourth-order valence-electron chi connectivity index (χ4n) is 3.55. The summed E-state index contributed by atoms with van der Waals surface area (Å²) < 4.78 is 19.1. The number of ether oxygens (including phenoxy) is 1. The summed E-state index contributed by atoms with van der Waals surface area (Å²) in [4.78, 5) is 12.5. The molecule has 3 aromatic rings. The van der Waals surface area contributed by atoms with Crippen molar-refractivity contribution in [3.05, 3.63) is 107 Å². The Balaban J connectivity index is 1.55. The fourth-order valence-corrected chi connectivity index (χ4v) is 3.55. The number of carbonyl (C=O) groups is 1. The van der Waals surface area contributed by atoms with Gasteiger partial charge in [-0.3, -0.25) is 4.79 Å². The van der Waals surface area contributed by atoms with Crippen LogP contribution in [-0.2, 0) is 11.3 Å². The first-order valence-corrected chi connectivity index (χ1v) is 9.79. The van der Waals surface area contributed by atoms with Gasteiger partial charge in [-0.15, -0.1) is 0 Å². The standard InChI is InChI=1S/C26H22FNO2/c1-30-23-10-7-18(8-11-23)13-20-14-21(25-16-22(27)9-12-24(20)25)15-26(29)28-17-19-5-3-2-4-6-19/h2-14,16H,15,17H2,1H3,(H,28,29)/b20-13+. The molecule has 30 heavy (non-hydrogen) atoms. The number of carbonyl (C=O) groups excluding carboxylic acids is 1. The van der Waals surface area contributed by atoms with Gasteiger partial charge < -0.3 is 10.1 Å². The largest absolute Gasteiger partial charge is 0.497 e. The lowest BCUT2D eigenvalue weighted by atomic mass is 10.0. The van der Waals surface area contributed by atoms with Crippen LogP contribution in [0.15, 0.2) is 78.9 Å². The number of allylic oxidation sites excluding steroid dienone is 2. The van der Waals surface area contributed by atoms with Crippen LogP contribution in [0.1, 0.15) is 28.7 Å². The molecule has 1 aliphatic carbocycles.